The van der Waals surface area contributed by atoms with Gasteiger partial charge in [-0.1, -0.05) is 13.8 Å². The molecule has 2 rings (SSSR count). The SMILES string of the molecule is CC(C)CS(=O)(=O)c1ccc2c(c1)NC(=O)C(C)(C)O2. The number of carbonyl (C=O) groups is 1. The number of fused-ring (bicyclic) bond motifs is 1. The van der Waals surface area contributed by atoms with Crippen molar-refractivity contribution in [1.29, 1.82) is 0 Å². The Morgan fingerprint density at radius 1 is 1.30 bits per heavy atom. The molecule has 1 heterocycles. The third kappa shape index (κ3) is 2.80. The standard InChI is InChI=1S/C14H19NO4S/c1-9(2)8-20(17,18)10-5-6-12-11(7-10)15-13(16)14(3,4)19-12/h5-7,9H,8H2,1-4H3,(H,15,16). The molecule has 1 aromatic rings. The molecule has 1 aliphatic heterocycles. The van der Waals surface area contributed by atoms with Crippen molar-refractivity contribution in [2.75, 3.05) is 11.1 Å². The fourth-order valence-electron chi connectivity index (χ4n) is 2.02. The summed E-state index contributed by atoms with van der Waals surface area (Å²) in [7, 11) is -3.35. The minimum absolute atomic E-state index is 0.0424. The van der Waals surface area contributed by atoms with Gasteiger partial charge in [-0.15, -0.1) is 0 Å². The maximum Gasteiger partial charge on any atom is 0.268 e. The molecule has 110 valence electrons. The van der Waals surface area contributed by atoms with Crippen LogP contribution in [0.15, 0.2) is 23.1 Å². The monoisotopic (exact) mass is 297 g/mol. The Bertz CT molecular complexity index is 647. The lowest BCUT2D eigenvalue weighted by atomic mass is 10.1. The predicted molar refractivity (Wildman–Crippen MR) is 76.7 cm³/mol. The highest BCUT2D eigenvalue weighted by Crippen LogP contribution is 2.35. The van der Waals surface area contributed by atoms with Gasteiger partial charge in [0.05, 0.1) is 16.3 Å². The summed E-state index contributed by atoms with van der Waals surface area (Å²) in [5.74, 6) is 0.314. The molecule has 0 unspecified atom stereocenters. The van der Waals surface area contributed by atoms with Crippen LogP contribution in [0.2, 0.25) is 0 Å². The highest BCUT2D eigenvalue weighted by atomic mass is 32.2. The van der Waals surface area contributed by atoms with Crippen LogP contribution in [0.3, 0.4) is 0 Å². The van der Waals surface area contributed by atoms with Gasteiger partial charge in [-0.3, -0.25) is 4.79 Å². The highest BCUT2D eigenvalue weighted by Gasteiger charge is 2.35. The molecule has 1 aromatic carbocycles. The van der Waals surface area contributed by atoms with Crippen LogP contribution in [0.5, 0.6) is 5.75 Å². The molecule has 0 atom stereocenters. The van der Waals surface area contributed by atoms with Crippen LogP contribution in [0.25, 0.3) is 0 Å². The third-order valence-corrected chi connectivity index (χ3v) is 5.10. The van der Waals surface area contributed by atoms with Crippen LogP contribution < -0.4 is 10.1 Å². The van der Waals surface area contributed by atoms with Gasteiger partial charge in [0.25, 0.3) is 5.91 Å². The summed E-state index contributed by atoms with van der Waals surface area (Å²) < 4.78 is 29.9. The number of ether oxygens (including phenoxy) is 1. The van der Waals surface area contributed by atoms with Gasteiger partial charge in [0.1, 0.15) is 5.75 Å². The summed E-state index contributed by atoms with van der Waals surface area (Å²) in [6, 6.07) is 4.56. The maximum atomic E-state index is 12.2. The highest BCUT2D eigenvalue weighted by molar-refractivity contribution is 7.91. The molecule has 0 aromatic heterocycles. The van der Waals surface area contributed by atoms with E-state index in [2.05, 4.69) is 5.32 Å². The molecule has 0 bridgehead atoms. The predicted octanol–water partition coefficient (Wildman–Crippen LogP) is 2.23. The molecule has 1 aliphatic rings. The zero-order chi connectivity index (χ0) is 15.1. The van der Waals surface area contributed by atoms with E-state index in [0.29, 0.717) is 11.4 Å². The fourth-order valence-corrected chi connectivity index (χ4v) is 3.66. The van der Waals surface area contributed by atoms with Gasteiger partial charge in [0.2, 0.25) is 0 Å². The second-order valence-corrected chi connectivity index (χ2v) is 7.93. The molecular weight excluding hydrogens is 278 g/mol. The molecule has 0 radical (unpaired) electrons. The largest absolute Gasteiger partial charge is 0.476 e. The zero-order valence-electron chi connectivity index (χ0n) is 12.1. The molecule has 0 fully saturated rings. The number of anilines is 1. The number of nitrogens with one attached hydrogen (secondary N) is 1. The topological polar surface area (TPSA) is 72.5 Å². The van der Waals surface area contributed by atoms with Crippen molar-refractivity contribution < 1.29 is 17.9 Å². The smallest absolute Gasteiger partial charge is 0.268 e. The molecule has 1 amide bonds. The lowest BCUT2D eigenvalue weighted by Gasteiger charge is -2.31. The Morgan fingerprint density at radius 2 is 1.95 bits per heavy atom. The lowest BCUT2D eigenvalue weighted by Crippen LogP contribution is -2.45. The van der Waals surface area contributed by atoms with Crippen molar-refractivity contribution >= 4 is 21.4 Å². The summed E-state index contributed by atoms with van der Waals surface area (Å²) in [6.07, 6.45) is 0. The quantitative estimate of drug-likeness (QED) is 0.928. The first kappa shape index (κ1) is 14.8. The Kier molecular flexibility index (Phi) is 3.54. The van der Waals surface area contributed by atoms with E-state index >= 15 is 0 Å². The average Bonchev–Trinajstić information content (AvgIpc) is 2.27. The third-order valence-electron chi connectivity index (χ3n) is 3.02. The molecule has 0 spiro atoms. The van der Waals surface area contributed by atoms with Gasteiger partial charge in [0.15, 0.2) is 15.4 Å². The fraction of sp³-hybridized carbons (Fsp3) is 0.500. The second-order valence-electron chi connectivity index (χ2n) is 5.90. The van der Waals surface area contributed by atoms with Gasteiger partial charge in [0, 0.05) is 0 Å². The first-order valence-corrected chi connectivity index (χ1v) is 8.14. The number of hydrogen-bond donors (Lipinski definition) is 1. The minimum atomic E-state index is -3.35. The first-order valence-electron chi connectivity index (χ1n) is 6.49. The van der Waals surface area contributed by atoms with Gasteiger partial charge in [-0.2, -0.15) is 0 Å². The molecule has 5 nitrogen and oxygen atoms in total. The van der Waals surface area contributed by atoms with Crippen molar-refractivity contribution in [2.45, 2.75) is 38.2 Å². The number of sulfone groups is 1. The molecule has 0 saturated heterocycles. The number of benzene rings is 1. The Balaban J connectivity index is 2.40. The van der Waals surface area contributed by atoms with Crippen LogP contribution in [0, 0.1) is 5.92 Å². The Morgan fingerprint density at radius 3 is 2.55 bits per heavy atom. The lowest BCUT2D eigenvalue weighted by molar-refractivity contribution is -0.129. The van der Waals surface area contributed by atoms with E-state index in [-0.39, 0.29) is 22.5 Å². The van der Waals surface area contributed by atoms with E-state index < -0.39 is 15.4 Å². The zero-order valence-corrected chi connectivity index (χ0v) is 12.9. The van der Waals surface area contributed by atoms with E-state index in [1.165, 1.54) is 12.1 Å². The number of hydrogen-bond acceptors (Lipinski definition) is 4. The van der Waals surface area contributed by atoms with Crippen molar-refractivity contribution in [1.82, 2.24) is 0 Å². The molecule has 1 N–H and O–H groups in total. The maximum absolute atomic E-state index is 12.2. The van der Waals surface area contributed by atoms with Crippen LogP contribution in [0.1, 0.15) is 27.7 Å². The van der Waals surface area contributed by atoms with E-state index in [0.717, 1.165) is 0 Å². The normalized spacial score (nSPS) is 17.4. The number of carbonyl (C=O) groups excluding carboxylic acids is 1. The van der Waals surface area contributed by atoms with E-state index in [1.807, 2.05) is 13.8 Å². The van der Waals surface area contributed by atoms with E-state index in [1.54, 1.807) is 19.9 Å². The molecule has 0 aliphatic carbocycles. The van der Waals surface area contributed by atoms with Gasteiger partial charge in [-0.05, 0) is 38.0 Å². The van der Waals surface area contributed by atoms with E-state index in [4.69, 9.17) is 4.74 Å². The van der Waals surface area contributed by atoms with Crippen LogP contribution in [-0.2, 0) is 14.6 Å². The molecule has 20 heavy (non-hydrogen) atoms. The van der Waals surface area contributed by atoms with Crippen molar-refractivity contribution in [3.8, 4) is 5.75 Å². The molecule has 0 saturated carbocycles. The molecular formula is C14H19NO4S. The van der Waals surface area contributed by atoms with Crippen LogP contribution in [-0.4, -0.2) is 25.7 Å². The summed E-state index contributed by atoms with van der Waals surface area (Å²) in [4.78, 5) is 12.0. The Labute approximate surface area is 119 Å². The summed E-state index contributed by atoms with van der Waals surface area (Å²) >= 11 is 0. The summed E-state index contributed by atoms with van der Waals surface area (Å²) in [6.45, 7) is 7.02. The summed E-state index contributed by atoms with van der Waals surface area (Å²) in [5.41, 5.74) is -0.551. The number of amides is 1. The number of rotatable bonds is 3. The van der Waals surface area contributed by atoms with Crippen molar-refractivity contribution in [3.05, 3.63) is 18.2 Å². The van der Waals surface area contributed by atoms with Gasteiger partial charge >= 0.3 is 0 Å². The van der Waals surface area contributed by atoms with Gasteiger partial charge in [-0.25, -0.2) is 8.42 Å². The second kappa shape index (κ2) is 4.77. The van der Waals surface area contributed by atoms with Crippen molar-refractivity contribution in [3.63, 3.8) is 0 Å². The van der Waals surface area contributed by atoms with Crippen molar-refractivity contribution in [2.24, 2.45) is 5.92 Å². The Hall–Kier alpha value is -1.56. The molecule has 6 heteroatoms. The van der Waals surface area contributed by atoms with Crippen LogP contribution >= 0.6 is 0 Å². The minimum Gasteiger partial charge on any atom is -0.476 e. The van der Waals surface area contributed by atoms with Crippen LogP contribution in [0.4, 0.5) is 5.69 Å². The first-order chi connectivity index (χ1) is 9.12. The van der Waals surface area contributed by atoms with Gasteiger partial charge < -0.3 is 10.1 Å². The average molecular weight is 297 g/mol. The van der Waals surface area contributed by atoms with E-state index in [9.17, 15) is 13.2 Å². The summed E-state index contributed by atoms with van der Waals surface area (Å²) in [5, 5.41) is 2.69.